The highest BCUT2D eigenvalue weighted by molar-refractivity contribution is 7.99. The largest absolute Gasteiger partial charge is 0.497 e. The zero-order chi connectivity index (χ0) is 23.6. The Morgan fingerprint density at radius 2 is 1.88 bits per heavy atom. The molecule has 0 spiro atoms. The average molecular weight is 466 g/mol. The van der Waals surface area contributed by atoms with Crippen molar-refractivity contribution in [1.82, 2.24) is 25.4 Å². The zero-order valence-corrected chi connectivity index (χ0v) is 19.5. The molecule has 0 fully saturated rings. The summed E-state index contributed by atoms with van der Waals surface area (Å²) in [6.45, 7) is 6.39. The lowest BCUT2D eigenvalue weighted by atomic mass is 10.1. The summed E-state index contributed by atoms with van der Waals surface area (Å²) in [6, 6.07) is 16.5. The molecule has 0 saturated heterocycles. The molecule has 33 heavy (non-hydrogen) atoms. The number of methoxy groups -OCH3 is 1. The minimum absolute atomic E-state index is 0.0888. The fraction of sp³-hybridized carbons (Fsp3) is 0.250. The van der Waals surface area contributed by atoms with Crippen LogP contribution in [0.4, 0.5) is 0 Å². The molecule has 2 N–H and O–H groups in total. The number of nitrogens with zero attached hydrogens (tertiary/aromatic N) is 3. The number of amides is 2. The molecule has 0 saturated carbocycles. The first kappa shape index (κ1) is 24.1. The van der Waals surface area contributed by atoms with E-state index < -0.39 is 0 Å². The van der Waals surface area contributed by atoms with Gasteiger partial charge in [0, 0.05) is 12.1 Å². The molecule has 172 valence electrons. The maximum Gasteiger partial charge on any atom is 0.251 e. The predicted octanol–water partition coefficient (Wildman–Crippen LogP) is 3.37. The van der Waals surface area contributed by atoms with Gasteiger partial charge < -0.3 is 19.9 Å². The Kier molecular flexibility index (Phi) is 8.65. The molecule has 0 aliphatic heterocycles. The third kappa shape index (κ3) is 6.69. The van der Waals surface area contributed by atoms with Gasteiger partial charge in [-0.15, -0.1) is 16.8 Å². The van der Waals surface area contributed by atoms with Crippen molar-refractivity contribution in [3.63, 3.8) is 0 Å². The first-order valence-electron chi connectivity index (χ1n) is 10.4. The zero-order valence-electron chi connectivity index (χ0n) is 18.7. The first-order chi connectivity index (χ1) is 16.0. The minimum Gasteiger partial charge on any atom is -0.497 e. The van der Waals surface area contributed by atoms with Gasteiger partial charge in [0.15, 0.2) is 11.0 Å². The quantitative estimate of drug-likeness (QED) is 0.333. The number of ether oxygens (including phenoxy) is 1. The Bertz CT molecular complexity index is 1080. The van der Waals surface area contributed by atoms with Gasteiger partial charge in [0.05, 0.1) is 25.4 Å². The van der Waals surface area contributed by atoms with E-state index in [9.17, 15) is 9.59 Å². The average Bonchev–Trinajstić information content (AvgIpc) is 3.23. The van der Waals surface area contributed by atoms with Gasteiger partial charge in [0.25, 0.3) is 5.91 Å². The summed E-state index contributed by atoms with van der Waals surface area (Å²) in [7, 11) is 1.57. The number of hydrogen-bond donors (Lipinski definition) is 2. The van der Waals surface area contributed by atoms with Gasteiger partial charge in [-0.1, -0.05) is 48.2 Å². The summed E-state index contributed by atoms with van der Waals surface area (Å²) in [6.07, 6.45) is 1.72. The molecule has 0 aliphatic carbocycles. The van der Waals surface area contributed by atoms with Crippen LogP contribution < -0.4 is 15.4 Å². The fourth-order valence-electron chi connectivity index (χ4n) is 3.11. The molecule has 0 radical (unpaired) electrons. The molecule has 3 aromatic rings. The molecule has 2 amide bonds. The standard InChI is InChI=1S/C24H27N5O3S/c1-4-14-29-21(15-25-23(31)19-10-12-20(32-3)13-11-19)27-28-24(29)33-16-22(30)26-17(2)18-8-6-5-7-9-18/h4-13,17H,1,14-16H2,2-3H3,(H,25,31)(H,26,30)/t17-/m0/s1. The van der Waals surface area contributed by atoms with E-state index in [2.05, 4.69) is 27.4 Å². The third-order valence-corrected chi connectivity index (χ3v) is 5.84. The number of nitrogens with one attached hydrogen (secondary N) is 2. The number of thioether (sulfide) groups is 1. The van der Waals surface area contributed by atoms with E-state index in [1.165, 1.54) is 11.8 Å². The maximum absolute atomic E-state index is 12.4. The van der Waals surface area contributed by atoms with Crippen LogP contribution in [-0.2, 0) is 17.9 Å². The van der Waals surface area contributed by atoms with Gasteiger partial charge in [-0.25, -0.2) is 0 Å². The Balaban J connectivity index is 1.57. The lowest BCUT2D eigenvalue weighted by molar-refractivity contribution is -0.119. The maximum atomic E-state index is 12.4. The van der Waals surface area contributed by atoms with Crippen LogP contribution in [0, 0.1) is 0 Å². The fourth-order valence-corrected chi connectivity index (χ4v) is 3.89. The van der Waals surface area contributed by atoms with Crippen molar-refractivity contribution in [3.05, 3.63) is 84.2 Å². The summed E-state index contributed by atoms with van der Waals surface area (Å²) in [5, 5.41) is 14.8. The Morgan fingerprint density at radius 3 is 2.55 bits per heavy atom. The van der Waals surface area contributed by atoms with E-state index >= 15 is 0 Å². The molecule has 3 rings (SSSR count). The number of aromatic nitrogens is 3. The van der Waals surface area contributed by atoms with Gasteiger partial charge in [-0.3, -0.25) is 9.59 Å². The highest BCUT2D eigenvalue weighted by Gasteiger charge is 2.16. The van der Waals surface area contributed by atoms with Gasteiger partial charge >= 0.3 is 0 Å². The SMILES string of the molecule is C=CCn1c(CNC(=O)c2ccc(OC)cc2)nnc1SCC(=O)N[C@@H](C)c1ccccc1. The molecule has 9 heteroatoms. The molecule has 1 atom stereocenters. The number of benzene rings is 2. The second kappa shape index (κ2) is 11.9. The molecular weight excluding hydrogens is 438 g/mol. The van der Waals surface area contributed by atoms with Crippen molar-refractivity contribution in [2.24, 2.45) is 0 Å². The van der Waals surface area contributed by atoms with E-state index in [0.717, 1.165) is 5.56 Å². The number of allylic oxidation sites excluding steroid dienone is 1. The van der Waals surface area contributed by atoms with Gasteiger partial charge in [0.1, 0.15) is 5.75 Å². The van der Waals surface area contributed by atoms with Crippen LogP contribution in [0.2, 0.25) is 0 Å². The smallest absolute Gasteiger partial charge is 0.251 e. The molecule has 2 aromatic carbocycles. The van der Waals surface area contributed by atoms with Crippen LogP contribution >= 0.6 is 11.8 Å². The summed E-state index contributed by atoms with van der Waals surface area (Å²) in [4.78, 5) is 24.9. The minimum atomic E-state index is -0.228. The summed E-state index contributed by atoms with van der Waals surface area (Å²) in [5.41, 5.74) is 1.56. The van der Waals surface area contributed by atoms with Gasteiger partial charge in [-0.05, 0) is 36.8 Å². The molecule has 0 bridgehead atoms. The summed E-state index contributed by atoms with van der Waals surface area (Å²) in [5.74, 6) is 1.14. The number of rotatable bonds is 11. The Hall–Kier alpha value is -3.59. The normalized spacial score (nSPS) is 11.5. The number of hydrogen-bond acceptors (Lipinski definition) is 6. The van der Waals surface area contributed by atoms with E-state index in [1.54, 1.807) is 37.5 Å². The lowest BCUT2D eigenvalue weighted by Gasteiger charge is -2.14. The van der Waals surface area contributed by atoms with E-state index in [0.29, 0.717) is 28.8 Å². The van der Waals surface area contributed by atoms with Gasteiger partial charge in [-0.2, -0.15) is 0 Å². The Morgan fingerprint density at radius 1 is 1.15 bits per heavy atom. The van der Waals surface area contributed by atoms with Gasteiger partial charge in [0.2, 0.25) is 5.91 Å². The molecular formula is C24H27N5O3S. The summed E-state index contributed by atoms with van der Waals surface area (Å²) >= 11 is 1.29. The van der Waals surface area contributed by atoms with E-state index in [1.807, 2.05) is 41.8 Å². The van der Waals surface area contributed by atoms with Crippen molar-refractivity contribution in [1.29, 1.82) is 0 Å². The number of carbonyl (C=O) groups excluding carboxylic acids is 2. The monoisotopic (exact) mass is 465 g/mol. The molecule has 0 unspecified atom stereocenters. The van der Waals surface area contributed by atoms with Crippen LogP contribution in [0.25, 0.3) is 0 Å². The topological polar surface area (TPSA) is 98.1 Å². The van der Waals surface area contributed by atoms with Crippen molar-refractivity contribution in [2.75, 3.05) is 12.9 Å². The molecule has 0 aliphatic rings. The molecule has 1 aromatic heterocycles. The third-order valence-electron chi connectivity index (χ3n) is 4.87. The summed E-state index contributed by atoms with van der Waals surface area (Å²) < 4.78 is 6.95. The second-order valence-corrected chi connectivity index (χ2v) is 8.14. The van der Waals surface area contributed by atoms with Crippen molar-refractivity contribution in [3.8, 4) is 5.75 Å². The van der Waals surface area contributed by atoms with E-state index in [4.69, 9.17) is 4.74 Å². The van der Waals surface area contributed by atoms with Crippen molar-refractivity contribution in [2.45, 2.75) is 31.2 Å². The molecule has 1 heterocycles. The van der Waals surface area contributed by atoms with E-state index in [-0.39, 0.29) is 30.2 Å². The van der Waals surface area contributed by atoms with Crippen LogP contribution in [-0.4, -0.2) is 39.4 Å². The first-order valence-corrected chi connectivity index (χ1v) is 11.4. The van der Waals surface area contributed by atoms with Crippen LogP contribution in [0.3, 0.4) is 0 Å². The predicted molar refractivity (Wildman–Crippen MR) is 128 cm³/mol. The lowest BCUT2D eigenvalue weighted by Crippen LogP contribution is -2.28. The van der Waals surface area contributed by atoms with Crippen molar-refractivity contribution >= 4 is 23.6 Å². The number of carbonyl (C=O) groups is 2. The van der Waals surface area contributed by atoms with Crippen LogP contribution in [0.1, 0.15) is 34.7 Å². The van der Waals surface area contributed by atoms with Crippen LogP contribution in [0.15, 0.2) is 72.4 Å². The van der Waals surface area contributed by atoms with Crippen molar-refractivity contribution < 1.29 is 14.3 Å². The highest BCUT2D eigenvalue weighted by atomic mass is 32.2. The Labute approximate surface area is 197 Å². The molecule has 8 nitrogen and oxygen atoms in total. The highest BCUT2D eigenvalue weighted by Crippen LogP contribution is 2.18. The second-order valence-electron chi connectivity index (χ2n) is 7.20. The van der Waals surface area contributed by atoms with Crippen LogP contribution in [0.5, 0.6) is 5.75 Å².